The molecule has 1 fully saturated rings. The second-order valence-electron chi connectivity index (χ2n) is 9.25. The van der Waals surface area contributed by atoms with Crippen molar-refractivity contribution >= 4 is 73.8 Å². The molecule has 11 nitrogen and oxygen atoms in total. The molecule has 2 atom stereocenters. The van der Waals surface area contributed by atoms with Gasteiger partial charge in [-0.05, 0) is 59.1 Å². The minimum atomic E-state index is -2.69. The highest BCUT2D eigenvalue weighted by molar-refractivity contribution is 9.10. The standard InChI is InChI=1S/C25H23BrCl2N6O5S/c1-33(14-4-5-14)25(36)15-9-13(27)10-18(26)21(15)31-24(35)17-12-34(8-6-20(17)39-40(37)38)23-16(11-30-32-23)22-19(28)3-2-7-29-22/h2-3,6-10,14,16,30H,4-5,11-12H2,1H3,(H,31,35)(H,37,38). The molecule has 5 rings (SSSR count). The molecule has 0 spiro atoms. The zero-order valence-corrected chi connectivity index (χ0v) is 24.9. The highest BCUT2D eigenvalue weighted by Gasteiger charge is 2.35. The molecule has 2 aromatic rings. The van der Waals surface area contributed by atoms with E-state index in [9.17, 15) is 18.4 Å². The first kappa shape index (κ1) is 28.6. The molecule has 2 aliphatic heterocycles. The molecule has 0 radical (unpaired) electrons. The molecule has 1 saturated carbocycles. The average molecular weight is 670 g/mol. The lowest BCUT2D eigenvalue weighted by molar-refractivity contribution is -0.113. The molecule has 0 bridgehead atoms. The first-order valence-corrected chi connectivity index (χ1v) is 14.7. The molecule has 3 N–H and O–H groups in total. The van der Waals surface area contributed by atoms with E-state index in [1.807, 2.05) is 0 Å². The molecule has 210 valence electrons. The van der Waals surface area contributed by atoms with E-state index in [0.29, 0.717) is 32.6 Å². The lowest BCUT2D eigenvalue weighted by atomic mass is 10.0. The fourth-order valence-corrected chi connectivity index (χ4v) is 5.93. The monoisotopic (exact) mass is 668 g/mol. The second kappa shape index (κ2) is 11.9. The van der Waals surface area contributed by atoms with Gasteiger partial charge >= 0.3 is 11.4 Å². The van der Waals surface area contributed by atoms with Crippen molar-refractivity contribution in [1.29, 1.82) is 0 Å². The van der Waals surface area contributed by atoms with Crippen molar-refractivity contribution in [3.05, 3.63) is 79.8 Å². The maximum absolute atomic E-state index is 13.7. The number of allylic oxidation sites excluding steroid dienone is 1. The maximum atomic E-state index is 13.7. The van der Waals surface area contributed by atoms with Crippen molar-refractivity contribution in [2.24, 2.45) is 5.10 Å². The Morgan fingerprint density at radius 3 is 2.80 bits per heavy atom. The zero-order chi connectivity index (χ0) is 28.6. The first-order chi connectivity index (χ1) is 19.1. The minimum absolute atomic E-state index is 0.0289. The number of hydrogen-bond acceptors (Lipinski definition) is 8. The van der Waals surface area contributed by atoms with Crippen molar-refractivity contribution in [2.75, 3.05) is 25.5 Å². The molecular formula is C25H23BrCl2N6O5S. The van der Waals surface area contributed by atoms with Gasteiger partial charge in [0.05, 0.1) is 40.0 Å². The number of carbonyl (C=O) groups is 2. The van der Waals surface area contributed by atoms with Crippen LogP contribution in [0.25, 0.3) is 0 Å². The summed E-state index contributed by atoms with van der Waals surface area (Å²) in [5, 5.41) is 7.95. The number of halogens is 3. The van der Waals surface area contributed by atoms with Crippen LogP contribution in [-0.4, -0.2) is 67.4 Å². The van der Waals surface area contributed by atoms with E-state index < -0.39 is 17.3 Å². The van der Waals surface area contributed by atoms with Crippen LogP contribution in [0.5, 0.6) is 0 Å². The Balaban J connectivity index is 1.45. The number of pyridine rings is 1. The summed E-state index contributed by atoms with van der Waals surface area (Å²) in [6.45, 7) is 0.371. The van der Waals surface area contributed by atoms with E-state index in [0.717, 1.165) is 12.8 Å². The van der Waals surface area contributed by atoms with Crippen molar-refractivity contribution in [3.8, 4) is 0 Å². The van der Waals surface area contributed by atoms with Gasteiger partial charge in [0.1, 0.15) is 5.84 Å². The number of amidine groups is 1. The van der Waals surface area contributed by atoms with E-state index >= 15 is 0 Å². The predicted molar refractivity (Wildman–Crippen MR) is 155 cm³/mol. The largest absolute Gasteiger partial charge is 0.379 e. The molecule has 1 aromatic heterocycles. The van der Waals surface area contributed by atoms with Gasteiger partial charge in [0.25, 0.3) is 11.8 Å². The predicted octanol–water partition coefficient (Wildman–Crippen LogP) is 4.26. The quantitative estimate of drug-likeness (QED) is 0.372. The van der Waals surface area contributed by atoms with Crippen molar-refractivity contribution in [1.82, 2.24) is 20.2 Å². The fourth-order valence-electron chi connectivity index (χ4n) is 4.46. The number of hydrazone groups is 1. The molecule has 1 aliphatic carbocycles. The third-order valence-electron chi connectivity index (χ3n) is 6.62. The Hall–Kier alpha value is -2.97. The molecule has 40 heavy (non-hydrogen) atoms. The molecule has 15 heteroatoms. The van der Waals surface area contributed by atoms with E-state index in [-0.39, 0.29) is 47.0 Å². The molecular weight excluding hydrogens is 647 g/mol. The molecule has 2 unspecified atom stereocenters. The van der Waals surface area contributed by atoms with Crippen molar-refractivity contribution in [2.45, 2.75) is 24.8 Å². The summed E-state index contributed by atoms with van der Waals surface area (Å²) in [7, 11) is 1.70. The molecule has 0 saturated heterocycles. The van der Waals surface area contributed by atoms with Crippen LogP contribution in [0.15, 0.2) is 63.6 Å². The van der Waals surface area contributed by atoms with E-state index in [2.05, 4.69) is 36.8 Å². The third kappa shape index (κ3) is 6.03. The summed E-state index contributed by atoms with van der Waals surface area (Å²) in [6.07, 6.45) is 6.43. The highest BCUT2D eigenvalue weighted by atomic mass is 79.9. The van der Waals surface area contributed by atoms with Gasteiger partial charge < -0.3 is 24.7 Å². The number of amides is 2. The van der Waals surface area contributed by atoms with Crippen molar-refractivity contribution < 1.29 is 22.5 Å². The van der Waals surface area contributed by atoms with Crippen LogP contribution in [-0.2, 0) is 20.3 Å². The number of hydrogen-bond donors (Lipinski definition) is 3. The number of rotatable bonds is 7. The summed E-state index contributed by atoms with van der Waals surface area (Å²) in [6, 6.07) is 6.65. The number of anilines is 1. The van der Waals surface area contributed by atoms with Gasteiger partial charge in [0.2, 0.25) is 0 Å². The van der Waals surface area contributed by atoms with E-state index in [1.165, 1.54) is 12.1 Å². The number of carbonyl (C=O) groups excluding carboxylic acids is 2. The Bertz CT molecular complexity index is 1500. The number of nitrogens with one attached hydrogen (secondary N) is 2. The van der Waals surface area contributed by atoms with Crippen LogP contribution < -0.4 is 10.7 Å². The molecule has 3 heterocycles. The number of benzene rings is 1. The minimum Gasteiger partial charge on any atom is -0.379 e. The summed E-state index contributed by atoms with van der Waals surface area (Å²) in [4.78, 5) is 34.7. The summed E-state index contributed by atoms with van der Waals surface area (Å²) >= 11 is 13.4. The Labute approximate surface area is 250 Å². The van der Waals surface area contributed by atoms with Gasteiger partial charge in [-0.3, -0.25) is 19.1 Å². The van der Waals surface area contributed by atoms with Gasteiger partial charge in [-0.25, -0.2) is 0 Å². The van der Waals surface area contributed by atoms with Crippen LogP contribution in [0.3, 0.4) is 0 Å². The number of nitrogens with zero attached hydrogens (tertiary/aromatic N) is 4. The van der Waals surface area contributed by atoms with Crippen LogP contribution in [0.2, 0.25) is 10.0 Å². The summed E-state index contributed by atoms with van der Waals surface area (Å²) in [5.41, 5.74) is 4.00. The van der Waals surface area contributed by atoms with Gasteiger partial charge in [-0.15, -0.1) is 0 Å². The number of aromatic nitrogens is 1. The Kier molecular flexibility index (Phi) is 8.47. The Morgan fingerprint density at radius 1 is 1.32 bits per heavy atom. The Morgan fingerprint density at radius 2 is 2.10 bits per heavy atom. The molecule has 3 aliphatic rings. The lowest BCUT2D eigenvalue weighted by Gasteiger charge is -2.28. The highest BCUT2D eigenvalue weighted by Crippen LogP contribution is 2.35. The first-order valence-electron chi connectivity index (χ1n) is 12.1. The topological polar surface area (TPSA) is 136 Å². The zero-order valence-electron chi connectivity index (χ0n) is 20.9. The van der Waals surface area contributed by atoms with Gasteiger partial charge in [-0.2, -0.15) is 9.31 Å². The molecule has 1 aromatic carbocycles. The van der Waals surface area contributed by atoms with Gasteiger partial charge in [0.15, 0.2) is 5.76 Å². The van der Waals surface area contributed by atoms with Crippen molar-refractivity contribution in [3.63, 3.8) is 0 Å². The van der Waals surface area contributed by atoms with Gasteiger partial charge in [0, 0.05) is 41.5 Å². The third-order valence-corrected chi connectivity index (χ3v) is 8.10. The van der Waals surface area contributed by atoms with Crippen LogP contribution >= 0.6 is 39.1 Å². The summed E-state index contributed by atoms with van der Waals surface area (Å²) in [5.74, 6) is -0.832. The fraction of sp³-hybridized carbons (Fsp3) is 0.280. The maximum Gasteiger partial charge on any atom is 0.357 e. The van der Waals surface area contributed by atoms with E-state index in [4.69, 9.17) is 27.4 Å². The normalized spacial score (nSPS) is 19.2. The molecule has 2 amide bonds. The van der Waals surface area contributed by atoms with Crippen LogP contribution in [0.4, 0.5) is 5.69 Å². The SMILES string of the molecule is CN(C(=O)c1cc(Cl)cc(Br)c1NC(=O)C1=C(OS(=O)O)C=CN(C2=NNCC2c2ncccc2Cl)C1)C1CC1. The lowest BCUT2D eigenvalue weighted by Crippen LogP contribution is -2.37. The van der Waals surface area contributed by atoms with Gasteiger partial charge in [-0.1, -0.05) is 23.2 Å². The van der Waals surface area contributed by atoms with E-state index in [1.54, 1.807) is 47.4 Å². The average Bonchev–Trinajstić information content (AvgIpc) is 3.66. The smallest absolute Gasteiger partial charge is 0.357 e. The summed E-state index contributed by atoms with van der Waals surface area (Å²) < 4.78 is 26.4. The second-order valence-corrected chi connectivity index (χ2v) is 11.6. The van der Waals surface area contributed by atoms with Crippen LogP contribution in [0, 0.1) is 0 Å². The van der Waals surface area contributed by atoms with Crippen LogP contribution in [0.1, 0.15) is 34.8 Å².